The molecule has 0 N–H and O–H groups in total. The molecule has 0 aromatic carbocycles. The highest BCUT2D eigenvalue weighted by Crippen LogP contribution is 2.11. The van der Waals surface area contributed by atoms with E-state index < -0.39 is 0 Å². The van der Waals surface area contributed by atoms with Crippen LogP contribution in [0.1, 0.15) is 49.7 Å². The van der Waals surface area contributed by atoms with Crippen molar-refractivity contribution >= 4 is 23.4 Å². The first-order chi connectivity index (χ1) is 9.26. The summed E-state index contributed by atoms with van der Waals surface area (Å²) < 4.78 is 4.86. The van der Waals surface area contributed by atoms with E-state index in [0.29, 0.717) is 18.0 Å². The summed E-state index contributed by atoms with van der Waals surface area (Å²) in [7, 11) is 0. The fourth-order valence-corrected chi connectivity index (χ4v) is 2.16. The van der Waals surface area contributed by atoms with Crippen LogP contribution in [0.2, 0.25) is 0 Å². The third kappa shape index (κ3) is 6.78. The van der Waals surface area contributed by atoms with E-state index in [0.717, 1.165) is 31.4 Å². The predicted molar refractivity (Wildman–Crippen MR) is 78.8 cm³/mol. The molecule has 1 aromatic heterocycles. The molecule has 0 amide bonds. The number of terminal acetylenes is 1. The summed E-state index contributed by atoms with van der Waals surface area (Å²) >= 11 is 1.48. The molecular weight excluding hydrogens is 258 g/mol. The minimum Gasteiger partial charge on any atom is -0.466 e. The number of allylic oxidation sites excluding steroid dienone is 1. The van der Waals surface area contributed by atoms with Gasteiger partial charge in [0.2, 0.25) is 0 Å². The first kappa shape index (κ1) is 15.5. The number of carbonyl (C=O) groups is 1. The van der Waals surface area contributed by atoms with Crippen molar-refractivity contribution in [2.45, 2.75) is 39.0 Å². The summed E-state index contributed by atoms with van der Waals surface area (Å²) in [6, 6.07) is 0. The number of aromatic nitrogens is 1. The molecular formula is C15H19NO2S. The molecule has 0 saturated carbocycles. The van der Waals surface area contributed by atoms with E-state index in [2.05, 4.69) is 17.0 Å². The molecule has 0 saturated heterocycles. The molecule has 1 aromatic rings. The highest BCUT2D eigenvalue weighted by Gasteiger charge is 2.00. The average molecular weight is 277 g/mol. The Morgan fingerprint density at radius 2 is 2.37 bits per heavy atom. The van der Waals surface area contributed by atoms with Crippen LogP contribution in [-0.4, -0.2) is 17.6 Å². The topological polar surface area (TPSA) is 39.2 Å². The average Bonchev–Trinajstić information content (AvgIpc) is 2.86. The third-order valence-electron chi connectivity index (χ3n) is 2.49. The van der Waals surface area contributed by atoms with Gasteiger partial charge >= 0.3 is 5.97 Å². The van der Waals surface area contributed by atoms with Gasteiger partial charge in [0.25, 0.3) is 0 Å². The highest BCUT2D eigenvalue weighted by atomic mass is 32.1. The van der Waals surface area contributed by atoms with Gasteiger partial charge in [0.15, 0.2) is 5.01 Å². The van der Waals surface area contributed by atoms with Gasteiger partial charge in [-0.3, -0.25) is 4.79 Å². The van der Waals surface area contributed by atoms with Crippen LogP contribution in [0.4, 0.5) is 0 Å². The number of ether oxygens (including phenoxy) is 1. The first-order valence-electron chi connectivity index (χ1n) is 6.50. The molecule has 0 atom stereocenters. The van der Waals surface area contributed by atoms with Gasteiger partial charge in [-0.15, -0.1) is 17.8 Å². The Labute approximate surface area is 118 Å². The van der Waals surface area contributed by atoms with Crippen LogP contribution in [0.3, 0.4) is 0 Å². The van der Waals surface area contributed by atoms with E-state index in [1.807, 2.05) is 18.4 Å². The fraction of sp³-hybridized carbons (Fsp3) is 0.467. The summed E-state index contributed by atoms with van der Waals surface area (Å²) in [5, 5.41) is 2.67. The van der Waals surface area contributed by atoms with E-state index in [1.165, 1.54) is 11.3 Å². The van der Waals surface area contributed by atoms with Crippen molar-refractivity contribution in [3.63, 3.8) is 0 Å². The zero-order valence-corrected chi connectivity index (χ0v) is 12.0. The summed E-state index contributed by atoms with van der Waals surface area (Å²) in [6.45, 7) is 2.29. The van der Waals surface area contributed by atoms with Crippen molar-refractivity contribution in [3.8, 4) is 12.3 Å². The molecule has 0 unspecified atom stereocenters. The van der Waals surface area contributed by atoms with Crippen LogP contribution in [0.15, 0.2) is 11.5 Å². The normalized spacial score (nSPS) is 10.5. The second kappa shape index (κ2) is 9.35. The van der Waals surface area contributed by atoms with Gasteiger partial charge in [0.05, 0.1) is 12.3 Å². The van der Waals surface area contributed by atoms with Gasteiger partial charge in [-0.05, 0) is 38.2 Å². The zero-order valence-electron chi connectivity index (χ0n) is 11.2. The van der Waals surface area contributed by atoms with Crippen molar-refractivity contribution in [1.82, 2.24) is 4.98 Å². The van der Waals surface area contributed by atoms with Crippen molar-refractivity contribution in [3.05, 3.63) is 22.2 Å². The summed E-state index contributed by atoms with van der Waals surface area (Å²) in [4.78, 5) is 15.3. The number of hydrogen-bond acceptors (Lipinski definition) is 4. The van der Waals surface area contributed by atoms with Gasteiger partial charge in [0, 0.05) is 11.8 Å². The molecule has 0 spiro atoms. The number of rotatable bonds is 8. The molecule has 0 aliphatic rings. The number of unbranched alkanes of at least 4 members (excludes halogenated alkanes) is 3. The van der Waals surface area contributed by atoms with Crippen molar-refractivity contribution in [2.75, 3.05) is 6.61 Å². The smallest absolute Gasteiger partial charge is 0.305 e. The van der Waals surface area contributed by atoms with Crippen molar-refractivity contribution in [1.29, 1.82) is 0 Å². The van der Waals surface area contributed by atoms with Gasteiger partial charge in [-0.25, -0.2) is 4.98 Å². The third-order valence-corrected chi connectivity index (χ3v) is 3.28. The lowest BCUT2D eigenvalue weighted by Crippen LogP contribution is -2.02. The Kier molecular flexibility index (Phi) is 7.60. The monoisotopic (exact) mass is 277 g/mol. The van der Waals surface area contributed by atoms with Crippen LogP contribution in [0.25, 0.3) is 6.08 Å². The molecule has 0 fully saturated rings. The van der Waals surface area contributed by atoms with E-state index >= 15 is 0 Å². The molecule has 102 valence electrons. The zero-order chi connectivity index (χ0) is 13.9. The molecule has 0 radical (unpaired) electrons. The molecule has 19 heavy (non-hydrogen) atoms. The second-order valence-electron chi connectivity index (χ2n) is 4.03. The quantitative estimate of drug-likeness (QED) is 0.413. The summed E-state index contributed by atoms with van der Waals surface area (Å²) in [5.41, 5.74) is 0.921. The minimum absolute atomic E-state index is 0.0951. The maximum absolute atomic E-state index is 11.1. The van der Waals surface area contributed by atoms with Gasteiger partial charge in [0.1, 0.15) is 0 Å². The SMILES string of the molecule is C#Cc1nc(/C=C\CCCCCC(=O)OCC)cs1. The van der Waals surface area contributed by atoms with Crippen LogP contribution < -0.4 is 0 Å². The van der Waals surface area contributed by atoms with E-state index in [-0.39, 0.29) is 5.97 Å². The van der Waals surface area contributed by atoms with Crippen molar-refractivity contribution < 1.29 is 9.53 Å². The molecule has 3 nitrogen and oxygen atoms in total. The lowest BCUT2D eigenvalue weighted by Gasteiger charge is -2.00. The molecule has 1 rings (SSSR count). The maximum atomic E-state index is 11.1. The van der Waals surface area contributed by atoms with Gasteiger partial charge in [-0.1, -0.05) is 12.5 Å². The summed E-state index contributed by atoms with van der Waals surface area (Å²) in [6.07, 6.45) is 13.9. The van der Waals surface area contributed by atoms with E-state index in [9.17, 15) is 4.79 Å². The van der Waals surface area contributed by atoms with Crippen LogP contribution in [-0.2, 0) is 9.53 Å². The lowest BCUT2D eigenvalue weighted by atomic mass is 10.1. The Morgan fingerprint density at radius 3 is 3.05 bits per heavy atom. The molecule has 0 aliphatic heterocycles. The molecule has 4 heteroatoms. The largest absolute Gasteiger partial charge is 0.466 e. The predicted octanol–water partition coefficient (Wildman–Crippen LogP) is 3.65. The Hall–Kier alpha value is -1.60. The standard InChI is InChI=1S/C15H19NO2S/c1-3-14-16-13(12-19-14)10-8-6-5-7-9-11-15(17)18-4-2/h1,8,10,12H,4-7,9,11H2,2H3/b10-8-. The van der Waals surface area contributed by atoms with Crippen LogP contribution in [0.5, 0.6) is 0 Å². The number of thiazole rings is 1. The van der Waals surface area contributed by atoms with Crippen molar-refractivity contribution in [2.24, 2.45) is 0 Å². The number of hydrogen-bond donors (Lipinski definition) is 0. The maximum Gasteiger partial charge on any atom is 0.305 e. The number of nitrogens with zero attached hydrogens (tertiary/aromatic N) is 1. The van der Waals surface area contributed by atoms with Gasteiger partial charge in [-0.2, -0.15) is 0 Å². The summed E-state index contributed by atoms with van der Waals surface area (Å²) in [5.74, 6) is 2.42. The van der Waals surface area contributed by atoms with E-state index in [1.54, 1.807) is 0 Å². The molecule has 0 aliphatic carbocycles. The van der Waals surface area contributed by atoms with Crippen LogP contribution >= 0.6 is 11.3 Å². The number of esters is 1. The molecule has 0 bridgehead atoms. The fourth-order valence-electron chi connectivity index (χ4n) is 1.57. The first-order valence-corrected chi connectivity index (χ1v) is 7.38. The van der Waals surface area contributed by atoms with Gasteiger partial charge < -0.3 is 4.74 Å². The van der Waals surface area contributed by atoms with E-state index in [4.69, 9.17) is 11.2 Å². The molecule has 1 heterocycles. The Balaban J connectivity index is 2.07. The highest BCUT2D eigenvalue weighted by molar-refractivity contribution is 7.10. The Bertz CT molecular complexity index is 457. The number of carbonyl (C=O) groups excluding carboxylic acids is 1. The van der Waals surface area contributed by atoms with Crippen LogP contribution in [0, 0.1) is 12.3 Å². The Morgan fingerprint density at radius 1 is 1.53 bits per heavy atom. The minimum atomic E-state index is -0.0951. The lowest BCUT2D eigenvalue weighted by molar-refractivity contribution is -0.143. The second-order valence-corrected chi connectivity index (χ2v) is 4.89.